The number of aliphatic hydroxyl groups is 1. The molecule has 0 aliphatic carbocycles. The molecule has 0 aliphatic rings. The minimum Gasteiger partial charge on any atom is -0.585 e. The molecule has 1 aromatic carbocycles. The maximum atomic E-state index is 5.08. The molecule has 2 nitrogen and oxygen atoms in total. The highest BCUT2D eigenvalue weighted by molar-refractivity contribution is 5.37. The van der Waals surface area contributed by atoms with Crippen LogP contribution in [0.15, 0.2) is 18.2 Å². The third kappa shape index (κ3) is 1.87. The van der Waals surface area contributed by atoms with Crippen LogP contribution in [-0.2, 0) is 0 Å². The second kappa shape index (κ2) is 3.28. The lowest BCUT2D eigenvalue weighted by atomic mass is 10.2. The lowest BCUT2D eigenvalue weighted by Crippen LogP contribution is -1.85. The third-order valence-electron chi connectivity index (χ3n) is 1.53. The summed E-state index contributed by atoms with van der Waals surface area (Å²) >= 11 is 0. The number of benzene rings is 1. The summed E-state index contributed by atoms with van der Waals surface area (Å²) in [6, 6.07) is 5.91. The van der Waals surface area contributed by atoms with Crippen LogP contribution in [0.2, 0.25) is 0 Å². The van der Waals surface area contributed by atoms with E-state index in [0.29, 0.717) is 0 Å². The van der Waals surface area contributed by atoms with E-state index in [1.54, 1.807) is 14.2 Å². The lowest BCUT2D eigenvalue weighted by Gasteiger charge is -2.02. The molecule has 0 aliphatic heterocycles. The van der Waals surface area contributed by atoms with Gasteiger partial charge in [0, 0.05) is 6.07 Å². The third-order valence-corrected chi connectivity index (χ3v) is 1.53. The van der Waals surface area contributed by atoms with Crippen molar-refractivity contribution in [2.24, 2.45) is 0 Å². The summed E-state index contributed by atoms with van der Waals surface area (Å²) in [5.41, 5.74) is 1.17. The van der Waals surface area contributed by atoms with E-state index < -0.39 is 0 Å². The number of hydrogen-bond donors (Lipinski definition) is 0. The van der Waals surface area contributed by atoms with Gasteiger partial charge in [-0.1, -0.05) is 0 Å². The van der Waals surface area contributed by atoms with E-state index in [4.69, 9.17) is 4.74 Å². The Morgan fingerprint density at radius 1 is 1.27 bits per heavy atom. The van der Waals surface area contributed by atoms with Crippen LogP contribution < -0.4 is 4.74 Å². The summed E-state index contributed by atoms with van der Waals surface area (Å²) < 4.78 is 9.14. The summed E-state index contributed by atoms with van der Waals surface area (Å²) in [6.07, 6.45) is 0. The highest BCUT2D eigenvalue weighted by Crippen LogP contribution is 2.21. The molecule has 0 fully saturated rings. The quantitative estimate of drug-likeness (QED) is 0.594. The number of aromatic hydroxyl groups is 1. The van der Waals surface area contributed by atoms with Crippen molar-refractivity contribution < 1.29 is 9.47 Å². The van der Waals surface area contributed by atoms with Crippen LogP contribution in [0.3, 0.4) is 0 Å². The number of rotatable bonds is 2. The smallest absolute Gasteiger partial charge is 0.258 e. The highest BCUT2D eigenvalue weighted by atomic mass is 16.5. The molecular formula is C9H13O2+. The Morgan fingerprint density at radius 3 is 2.55 bits per heavy atom. The zero-order valence-electron chi connectivity index (χ0n) is 7.09. The second-order valence-electron chi connectivity index (χ2n) is 2.43. The fourth-order valence-electron chi connectivity index (χ4n) is 0.975. The normalized spacial score (nSPS) is 9.36. The van der Waals surface area contributed by atoms with Crippen LogP contribution in [-0.4, -0.2) is 19.0 Å². The van der Waals surface area contributed by atoms with Gasteiger partial charge >= 0.3 is 0 Å². The summed E-state index contributed by atoms with van der Waals surface area (Å²) in [7, 11) is 3.43. The number of ether oxygens (including phenoxy) is 2. The molecule has 60 valence electrons. The Morgan fingerprint density at radius 2 is 2.00 bits per heavy atom. The maximum Gasteiger partial charge on any atom is 0.258 e. The number of aryl methyl sites for hydroxylation is 1. The minimum atomic E-state index is 0.866. The van der Waals surface area contributed by atoms with E-state index in [-0.39, 0.29) is 0 Å². The van der Waals surface area contributed by atoms with Gasteiger partial charge in [-0.15, -0.1) is 0 Å². The van der Waals surface area contributed by atoms with Gasteiger partial charge in [-0.05, 0) is 18.6 Å². The van der Waals surface area contributed by atoms with Crippen LogP contribution in [0.5, 0.6) is 11.5 Å². The van der Waals surface area contributed by atoms with Gasteiger partial charge < -0.3 is 9.47 Å². The molecule has 11 heavy (non-hydrogen) atoms. The molecule has 1 N–H and O–H groups in total. The number of methoxy groups -OCH3 is 1. The molecule has 0 heterocycles. The Kier molecular flexibility index (Phi) is 2.36. The molecule has 0 saturated heterocycles. The van der Waals surface area contributed by atoms with Crippen LogP contribution in [0.1, 0.15) is 5.56 Å². The maximum absolute atomic E-state index is 5.08. The van der Waals surface area contributed by atoms with E-state index in [0.717, 1.165) is 11.5 Å². The van der Waals surface area contributed by atoms with Gasteiger partial charge in [0.1, 0.15) is 5.75 Å². The summed E-state index contributed by atoms with van der Waals surface area (Å²) in [5.74, 6) is 1.83. The molecular weight excluding hydrogens is 140 g/mol. The van der Waals surface area contributed by atoms with E-state index in [1.165, 1.54) is 5.56 Å². The van der Waals surface area contributed by atoms with Gasteiger partial charge in [0.15, 0.2) is 7.11 Å². The molecule has 0 aromatic heterocycles. The van der Waals surface area contributed by atoms with E-state index >= 15 is 0 Å². The van der Waals surface area contributed by atoms with Crippen molar-refractivity contribution in [2.45, 2.75) is 6.92 Å². The molecule has 0 saturated carbocycles. The number of hydrogen-bond acceptors (Lipinski definition) is 1. The van der Waals surface area contributed by atoms with Crippen LogP contribution in [0, 0.1) is 6.92 Å². The topological polar surface area (TPSA) is 22.0 Å². The summed E-state index contributed by atoms with van der Waals surface area (Å²) in [4.78, 5) is 0. The molecule has 0 bridgehead atoms. The summed E-state index contributed by atoms with van der Waals surface area (Å²) in [6.45, 7) is 2.02. The molecule has 2 heteroatoms. The van der Waals surface area contributed by atoms with Crippen molar-refractivity contribution in [3.63, 3.8) is 0 Å². The van der Waals surface area contributed by atoms with Crippen molar-refractivity contribution >= 4 is 0 Å². The Balaban J connectivity index is 3.02. The van der Waals surface area contributed by atoms with Crippen LogP contribution >= 0.6 is 0 Å². The average Bonchev–Trinajstić information content (AvgIpc) is 2.03. The molecule has 0 radical (unpaired) electrons. The van der Waals surface area contributed by atoms with Crippen molar-refractivity contribution in [2.75, 3.05) is 14.2 Å². The molecule has 0 atom stereocenters. The van der Waals surface area contributed by atoms with E-state index in [1.807, 2.05) is 25.1 Å². The Labute approximate surface area is 66.8 Å². The van der Waals surface area contributed by atoms with Crippen LogP contribution in [0.25, 0.3) is 0 Å². The largest absolute Gasteiger partial charge is 0.585 e. The van der Waals surface area contributed by atoms with E-state index in [9.17, 15) is 0 Å². The zero-order valence-corrected chi connectivity index (χ0v) is 7.09. The van der Waals surface area contributed by atoms with Gasteiger partial charge in [0.2, 0.25) is 0 Å². The minimum absolute atomic E-state index is 0.866. The molecule has 0 spiro atoms. The van der Waals surface area contributed by atoms with Crippen molar-refractivity contribution in [3.05, 3.63) is 23.8 Å². The fourth-order valence-corrected chi connectivity index (χ4v) is 0.975. The van der Waals surface area contributed by atoms with Crippen LogP contribution in [0.4, 0.5) is 0 Å². The van der Waals surface area contributed by atoms with Gasteiger partial charge in [0.25, 0.3) is 5.75 Å². The van der Waals surface area contributed by atoms with E-state index in [2.05, 4.69) is 4.74 Å². The first-order valence-electron chi connectivity index (χ1n) is 3.52. The Bertz CT molecular complexity index is 221. The predicted octanol–water partition coefficient (Wildman–Crippen LogP) is 1.87. The summed E-state index contributed by atoms with van der Waals surface area (Å²) in [5, 5.41) is 0. The second-order valence-corrected chi connectivity index (χ2v) is 2.43. The Hall–Kier alpha value is -1.18. The molecule has 1 rings (SSSR count). The molecule has 1 aromatic rings. The SMILES string of the molecule is COc1cc(C)cc([OH+]C)c1. The fraction of sp³-hybridized carbons (Fsp3) is 0.333. The highest BCUT2D eigenvalue weighted by Gasteiger charge is 2.00. The first kappa shape index (κ1) is 7.92. The van der Waals surface area contributed by atoms with Crippen molar-refractivity contribution in [3.8, 4) is 11.5 Å². The monoisotopic (exact) mass is 153 g/mol. The standard InChI is InChI=1S/C9H12O2/c1-7-4-8(10-2)6-9(5-7)11-3/h4-6H,1-3H3/p+1. The van der Waals surface area contributed by atoms with Gasteiger partial charge in [-0.2, -0.15) is 0 Å². The molecule has 0 unspecified atom stereocenters. The molecule has 0 amide bonds. The predicted molar refractivity (Wildman–Crippen MR) is 45.3 cm³/mol. The first-order chi connectivity index (χ1) is 5.26. The lowest BCUT2D eigenvalue weighted by molar-refractivity contribution is 0.135. The average molecular weight is 153 g/mol. The zero-order chi connectivity index (χ0) is 8.27. The van der Waals surface area contributed by atoms with Gasteiger partial charge in [-0.3, -0.25) is 0 Å². The van der Waals surface area contributed by atoms with Crippen molar-refractivity contribution in [1.29, 1.82) is 0 Å². The van der Waals surface area contributed by atoms with Gasteiger partial charge in [-0.25, -0.2) is 0 Å². The van der Waals surface area contributed by atoms with Gasteiger partial charge in [0.05, 0.1) is 13.2 Å². The first-order valence-corrected chi connectivity index (χ1v) is 3.52. The van der Waals surface area contributed by atoms with Crippen molar-refractivity contribution in [1.82, 2.24) is 0 Å².